The molecule has 0 saturated carbocycles. The van der Waals surface area contributed by atoms with Crippen LogP contribution in [-0.2, 0) is 30.8 Å². The lowest BCUT2D eigenvalue weighted by Gasteiger charge is -2.19. The molecular formula is C21H21N3O6S. The van der Waals surface area contributed by atoms with E-state index in [4.69, 9.17) is 10.5 Å². The third kappa shape index (κ3) is 5.10. The number of imide groups is 1. The van der Waals surface area contributed by atoms with E-state index in [9.17, 15) is 22.8 Å². The summed E-state index contributed by atoms with van der Waals surface area (Å²) in [4.78, 5) is 34.1. The maximum atomic E-state index is 13.0. The minimum absolute atomic E-state index is 0.140. The summed E-state index contributed by atoms with van der Waals surface area (Å²) in [6, 6.07) is 12.4. The average molecular weight is 443 g/mol. The Balaban J connectivity index is 1.66. The van der Waals surface area contributed by atoms with Crippen LogP contribution in [0, 0.1) is 0 Å². The van der Waals surface area contributed by atoms with Gasteiger partial charge in [-0.25, -0.2) is 18.0 Å². The Bertz CT molecular complexity index is 1140. The van der Waals surface area contributed by atoms with E-state index in [1.54, 1.807) is 24.3 Å². The molecule has 2 aromatic rings. The number of amides is 3. The van der Waals surface area contributed by atoms with Crippen LogP contribution in [0.25, 0.3) is 6.08 Å². The third-order valence-electron chi connectivity index (χ3n) is 4.63. The van der Waals surface area contributed by atoms with Crippen molar-refractivity contribution in [3.8, 4) is 0 Å². The van der Waals surface area contributed by atoms with Crippen LogP contribution in [0.15, 0.2) is 59.5 Å². The number of rotatable bonds is 6. The number of nitrogens with zero attached hydrogens (tertiary/aromatic N) is 1. The molecule has 0 unspecified atom stereocenters. The number of para-hydroxylation sites is 1. The summed E-state index contributed by atoms with van der Waals surface area (Å²) in [6.45, 7) is 1.68. The summed E-state index contributed by atoms with van der Waals surface area (Å²) in [5.74, 6) is -1.65. The molecule has 0 spiro atoms. The predicted molar refractivity (Wildman–Crippen MR) is 113 cm³/mol. The fourth-order valence-electron chi connectivity index (χ4n) is 3.09. The van der Waals surface area contributed by atoms with Crippen molar-refractivity contribution in [2.75, 3.05) is 10.8 Å². The zero-order chi connectivity index (χ0) is 22.6. The van der Waals surface area contributed by atoms with Gasteiger partial charge in [0.05, 0.1) is 10.6 Å². The van der Waals surface area contributed by atoms with Crippen molar-refractivity contribution in [1.82, 2.24) is 5.32 Å². The lowest BCUT2D eigenvalue weighted by atomic mass is 10.2. The van der Waals surface area contributed by atoms with Gasteiger partial charge in [0.1, 0.15) is 0 Å². The highest BCUT2D eigenvalue weighted by molar-refractivity contribution is 7.92. The van der Waals surface area contributed by atoms with Gasteiger partial charge >= 0.3 is 12.0 Å². The Morgan fingerprint density at radius 1 is 1.13 bits per heavy atom. The number of nitrogens with one attached hydrogen (secondary N) is 1. The number of urea groups is 1. The van der Waals surface area contributed by atoms with Crippen LogP contribution in [0.3, 0.4) is 0 Å². The molecule has 10 heteroatoms. The zero-order valence-corrected chi connectivity index (χ0v) is 17.5. The number of carbonyl (C=O) groups is 3. The number of sulfonamides is 1. The summed E-state index contributed by atoms with van der Waals surface area (Å²) in [5, 5.41) is 1.81. The van der Waals surface area contributed by atoms with Crippen molar-refractivity contribution in [2.24, 2.45) is 5.73 Å². The molecule has 0 aromatic heterocycles. The topological polar surface area (TPSA) is 136 Å². The van der Waals surface area contributed by atoms with Crippen molar-refractivity contribution in [3.05, 3.63) is 65.7 Å². The molecule has 2 aromatic carbocycles. The number of nitrogens with two attached hydrogens (primary N) is 1. The van der Waals surface area contributed by atoms with Gasteiger partial charge in [-0.3, -0.25) is 14.4 Å². The number of primary amides is 1. The number of anilines is 1. The smallest absolute Gasteiger partial charge is 0.331 e. The molecule has 3 rings (SSSR count). The third-order valence-corrected chi connectivity index (χ3v) is 6.46. The Hall–Kier alpha value is -3.66. The predicted octanol–water partition coefficient (Wildman–Crippen LogP) is 1.58. The minimum atomic E-state index is -3.70. The quantitative estimate of drug-likeness (QED) is 0.514. The van der Waals surface area contributed by atoms with E-state index in [-0.39, 0.29) is 4.90 Å². The highest BCUT2D eigenvalue weighted by atomic mass is 32.2. The van der Waals surface area contributed by atoms with Gasteiger partial charge in [0.25, 0.3) is 15.9 Å². The zero-order valence-electron chi connectivity index (χ0n) is 16.6. The fourth-order valence-corrected chi connectivity index (χ4v) is 4.59. The lowest BCUT2D eigenvalue weighted by Crippen LogP contribution is -2.42. The first-order valence-corrected chi connectivity index (χ1v) is 10.8. The van der Waals surface area contributed by atoms with E-state index >= 15 is 0 Å². The summed E-state index contributed by atoms with van der Waals surface area (Å²) >= 11 is 0. The SMILES string of the molecule is C[C@H](OC(=O)/C=C/c1ccc(S(=O)(=O)N2CCc3ccccc32)cc1)C(=O)NC(N)=O. The number of ether oxygens (including phenoxy) is 1. The molecule has 0 radical (unpaired) electrons. The van der Waals surface area contributed by atoms with Gasteiger partial charge in [0.15, 0.2) is 6.10 Å². The fraction of sp³-hybridized carbons (Fsp3) is 0.190. The summed E-state index contributed by atoms with van der Waals surface area (Å²) in [7, 11) is -3.70. The van der Waals surface area contributed by atoms with Crippen LogP contribution in [-0.4, -0.2) is 39.0 Å². The lowest BCUT2D eigenvalue weighted by molar-refractivity contribution is -0.149. The maximum absolute atomic E-state index is 13.0. The van der Waals surface area contributed by atoms with Crippen molar-refractivity contribution < 1.29 is 27.5 Å². The normalized spacial score (nSPS) is 14.2. The molecule has 1 aliphatic rings. The van der Waals surface area contributed by atoms with Crippen molar-refractivity contribution in [1.29, 1.82) is 0 Å². The van der Waals surface area contributed by atoms with Crippen molar-refractivity contribution >= 4 is 39.7 Å². The van der Waals surface area contributed by atoms with Crippen LogP contribution in [0.5, 0.6) is 0 Å². The summed E-state index contributed by atoms with van der Waals surface area (Å²) in [5.41, 5.74) is 7.07. The van der Waals surface area contributed by atoms with Crippen molar-refractivity contribution in [2.45, 2.75) is 24.3 Å². The molecule has 31 heavy (non-hydrogen) atoms. The number of benzene rings is 2. The van der Waals surface area contributed by atoms with E-state index < -0.39 is 34.0 Å². The van der Waals surface area contributed by atoms with Crippen LogP contribution in [0.2, 0.25) is 0 Å². The van der Waals surface area contributed by atoms with Gasteiger partial charge in [-0.1, -0.05) is 30.3 Å². The molecule has 0 fully saturated rings. The van der Waals surface area contributed by atoms with Crippen LogP contribution in [0.1, 0.15) is 18.1 Å². The Kier molecular flexibility index (Phi) is 6.40. The highest BCUT2D eigenvalue weighted by Gasteiger charge is 2.30. The van der Waals surface area contributed by atoms with E-state index in [0.717, 1.165) is 11.6 Å². The molecular weight excluding hydrogens is 422 g/mol. The largest absolute Gasteiger partial charge is 0.449 e. The number of hydrogen-bond donors (Lipinski definition) is 2. The maximum Gasteiger partial charge on any atom is 0.331 e. The molecule has 3 N–H and O–H groups in total. The first-order chi connectivity index (χ1) is 14.7. The van der Waals surface area contributed by atoms with Crippen LogP contribution < -0.4 is 15.4 Å². The molecule has 3 amide bonds. The minimum Gasteiger partial charge on any atom is -0.449 e. The number of esters is 1. The second-order valence-electron chi connectivity index (χ2n) is 6.79. The van der Waals surface area contributed by atoms with Gasteiger partial charge in [-0.2, -0.15) is 0 Å². The number of hydrogen-bond acceptors (Lipinski definition) is 6. The van der Waals surface area contributed by atoms with Crippen LogP contribution >= 0.6 is 0 Å². The van der Waals surface area contributed by atoms with E-state index in [0.29, 0.717) is 24.2 Å². The first kappa shape index (κ1) is 22.0. The summed E-state index contributed by atoms with van der Waals surface area (Å²) < 4.78 is 32.3. The average Bonchev–Trinajstić information content (AvgIpc) is 3.17. The first-order valence-electron chi connectivity index (χ1n) is 9.38. The summed E-state index contributed by atoms with van der Waals surface area (Å²) in [6.07, 6.45) is 1.96. The molecule has 9 nitrogen and oxygen atoms in total. The number of fused-ring (bicyclic) bond motifs is 1. The Morgan fingerprint density at radius 3 is 2.48 bits per heavy atom. The van der Waals surface area contributed by atoms with E-state index in [2.05, 4.69) is 0 Å². The second kappa shape index (κ2) is 9.00. The molecule has 1 atom stereocenters. The Morgan fingerprint density at radius 2 is 1.81 bits per heavy atom. The van der Waals surface area contributed by atoms with Gasteiger partial charge in [0.2, 0.25) is 0 Å². The molecule has 1 aliphatic heterocycles. The monoisotopic (exact) mass is 443 g/mol. The van der Waals surface area contributed by atoms with Crippen LogP contribution in [0.4, 0.5) is 10.5 Å². The van der Waals surface area contributed by atoms with Gasteiger partial charge in [-0.15, -0.1) is 0 Å². The standard InChI is InChI=1S/C21H21N3O6S/c1-14(20(26)23-21(22)27)30-19(25)11-8-15-6-9-17(10-7-15)31(28,29)24-13-12-16-4-2-3-5-18(16)24/h2-11,14H,12-13H2,1H3,(H3,22,23,26,27)/b11-8+/t14-/m0/s1. The molecule has 0 saturated heterocycles. The Labute approximate surface area is 179 Å². The second-order valence-corrected chi connectivity index (χ2v) is 8.65. The highest BCUT2D eigenvalue weighted by Crippen LogP contribution is 2.32. The van der Waals surface area contributed by atoms with Gasteiger partial charge in [-0.05, 0) is 48.7 Å². The number of carbonyl (C=O) groups excluding carboxylic acids is 3. The molecule has 0 aliphatic carbocycles. The van der Waals surface area contributed by atoms with E-state index in [1.807, 2.05) is 17.4 Å². The van der Waals surface area contributed by atoms with Gasteiger partial charge < -0.3 is 10.5 Å². The van der Waals surface area contributed by atoms with E-state index in [1.165, 1.54) is 29.4 Å². The molecule has 162 valence electrons. The molecule has 0 bridgehead atoms. The van der Waals surface area contributed by atoms with Crippen molar-refractivity contribution in [3.63, 3.8) is 0 Å². The molecule has 1 heterocycles. The van der Waals surface area contributed by atoms with Gasteiger partial charge in [0, 0.05) is 12.6 Å².